The van der Waals surface area contributed by atoms with Crippen molar-refractivity contribution in [2.45, 2.75) is 44.2 Å². The number of nitrogens with one attached hydrogen (secondary N) is 1. The first kappa shape index (κ1) is 20.0. The van der Waals surface area contributed by atoms with Crippen LogP contribution in [0.5, 0.6) is 5.75 Å². The molecule has 148 valence electrons. The van der Waals surface area contributed by atoms with Crippen LogP contribution in [0.15, 0.2) is 24.3 Å². The van der Waals surface area contributed by atoms with E-state index in [-0.39, 0.29) is 24.0 Å². The van der Waals surface area contributed by atoms with Crippen molar-refractivity contribution in [1.29, 1.82) is 0 Å². The summed E-state index contributed by atoms with van der Waals surface area (Å²) in [6.45, 7) is 1.25. The summed E-state index contributed by atoms with van der Waals surface area (Å²) in [5.74, 6) is 1.61. The van der Waals surface area contributed by atoms with Crippen LogP contribution in [0.25, 0.3) is 0 Å². The van der Waals surface area contributed by atoms with Crippen LogP contribution >= 0.6 is 11.8 Å². The van der Waals surface area contributed by atoms with E-state index in [0.29, 0.717) is 13.1 Å². The molecule has 1 aromatic carbocycles. The van der Waals surface area contributed by atoms with Crippen LogP contribution in [-0.4, -0.2) is 60.1 Å². The molecule has 0 aliphatic carbocycles. The molecule has 1 N–H and O–H groups in total. The lowest BCUT2D eigenvalue weighted by Crippen LogP contribution is -2.43. The maximum Gasteiger partial charge on any atom is 0.325 e. The quantitative estimate of drug-likeness (QED) is 0.723. The van der Waals surface area contributed by atoms with E-state index >= 15 is 0 Å². The summed E-state index contributed by atoms with van der Waals surface area (Å²) in [5.41, 5.74) is 1.21. The zero-order valence-corrected chi connectivity index (χ0v) is 17.0. The van der Waals surface area contributed by atoms with Crippen LogP contribution in [0.4, 0.5) is 4.79 Å². The molecule has 0 aromatic heterocycles. The Morgan fingerprint density at radius 2 is 1.96 bits per heavy atom. The largest absolute Gasteiger partial charge is 0.497 e. The molecule has 6 nitrogen and oxygen atoms in total. The normalized spacial score (nSPS) is 24.0. The number of ether oxygens (including phenoxy) is 1. The number of thioether (sulfide) groups is 1. The molecule has 0 spiro atoms. The maximum atomic E-state index is 12.7. The average molecular weight is 392 g/mol. The Morgan fingerprint density at radius 3 is 2.67 bits per heavy atom. The van der Waals surface area contributed by atoms with Crippen LogP contribution in [0, 0.1) is 0 Å². The number of rotatable bonds is 7. The first-order valence-corrected chi connectivity index (χ1v) is 11.0. The van der Waals surface area contributed by atoms with Gasteiger partial charge in [0, 0.05) is 12.6 Å². The van der Waals surface area contributed by atoms with Crippen LogP contribution in [0.3, 0.4) is 0 Å². The minimum atomic E-state index is -0.378. The molecule has 2 heterocycles. The number of likely N-dealkylation sites (tertiary alicyclic amines) is 1. The van der Waals surface area contributed by atoms with E-state index in [1.807, 2.05) is 18.4 Å². The second kappa shape index (κ2) is 9.46. The van der Waals surface area contributed by atoms with Gasteiger partial charge < -0.3 is 10.1 Å². The molecule has 7 heteroatoms. The van der Waals surface area contributed by atoms with E-state index in [1.54, 1.807) is 18.9 Å². The Kier molecular flexibility index (Phi) is 7.01. The number of nitrogens with zero attached hydrogens (tertiary/aromatic N) is 2. The van der Waals surface area contributed by atoms with Gasteiger partial charge in [-0.2, -0.15) is 11.8 Å². The van der Waals surface area contributed by atoms with Gasteiger partial charge in [0.1, 0.15) is 11.8 Å². The molecule has 2 atom stereocenters. The van der Waals surface area contributed by atoms with Crippen molar-refractivity contribution in [3.05, 3.63) is 29.8 Å². The maximum absolute atomic E-state index is 12.7. The SMILES string of the molecule is COc1ccc([C@@H]2CCCCCN2CN2C(=O)N[C@H](CCSC)C2=O)cc1. The number of carbonyl (C=O) groups excluding carboxylic acids is 2. The molecule has 1 aromatic rings. The van der Waals surface area contributed by atoms with Crippen molar-refractivity contribution in [2.24, 2.45) is 0 Å². The molecule has 2 saturated heterocycles. The second-order valence-electron chi connectivity index (χ2n) is 7.14. The van der Waals surface area contributed by atoms with Gasteiger partial charge in [-0.3, -0.25) is 9.69 Å². The Morgan fingerprint density at radius 1 is 1.19 bits per heavy atom. The summed E-state index contributed by atoms with van der Waals surface area (Å²) in [4.78, 5) is 28.8. The smallest absolute Gasteiger partial charge is 0.325 e. The van der Waals surface area contributed by atoms with Gasteiger partial charge in [-0.1, -0.05) is 25.0 Å². The highest BCUT2D eigenvalue weighted by Crippen LogP contribution is 2.31. The summed E-state index contributed by atoms with van der Waals surface area (Å²) in [5, 5.41) is 2.84. The van der Waals surface area contributed by atoms with Crippen LogP contribution in [0.1, 0.15) is 43.7 Å². The lowest BCUT2D eigenvalue weighted by molar-refractivity contribution is -0.129. The number of urea groups is 1. The number of benzene rings is 1. The third-order valence-electron chi connectivity index (χ3n) is 5.40. The van der Waals surface area contributed by atoms with Gasteiger partial charge in [-0.05, 0) is 49.0 Å². The van der Waals surface area contributed by atoms with Gasteiger partial charge in [0.2, 0.25) is 0 Å². The van der Waals surface area contributed by atoms with Gasteiger partial charge in [0.05, 0.1) is 13.8 Å². The number of hydrogen-bond acceptors (Lipinski definition) is 5. The first-order valence-electron chi connectivity index (χ1n) is 9.63. The Bertz CT molecular complexity index is 652. The average Bonchev–Trinajstić information content (AvgIpc) is 2.85. The Hall–Kier alpha value is -1.73. The van der Waals surface area contributed by atoms with Crippen molar-refractivity contribution >= 4 is 23.7 Å². The van der Waals surface area contributed by atoms with E-state index in [2.05, 4.69) is 22.3 Å². The van der Waals surface area contributed by atoms with Crippen molar-refractivity contribution in [3.8, 4) is 5.75 Å². The number of carbonyl (C=O) groups is 2. The predicted molar refractivity (Wildman–Crippen MR) is 108 cm³/mol. The topological polar surface area (TPSA) is 61.9 Å². The minimum absolute atomic E-state index is 0.0909. The standard InChI is InChI=1S/C20H29N3O3S/c1-26-16-9-7-15(8-10-16)18-6-4-3-5-12-22(18)14-23-19(24)17(11-13-27-2)21-20(23)25/h7-10,17-18H,3-6,11-14H2,1-2H3,(H,21,25)/t17-,18+/m1/s1. The lowest BCUT2D eigenvalue weighted by atomic mass is 10.0. The molecule has 2 aliphatic heterocycles. The summed E-state index contributed by atoms with van der Waals surface area (Å²) in [6.07, 6.45) is 7.15. The monoisotopic (exact) mass is 391 g/mol. The van der Waals surface area contributed by atoms with Crippen LogP contribution < -0.4 is 10.1 Å². The highest BCUT2D eigenvalue weighted by atomic mass is 32.2. The van der Waals surface area contributed by atoms with E-state index in [9.17, 15) is 9.59 Å². The minimum Gasteiger partial charge on any atom is -0.497 e. The van der Waals surface area contributed by atoms with Gasteiger partial charge >= 0.3 is 6.03 Å². The fraction of sp³-hybridized carbons (Fsp3) is 0.600. The van der Waals surface area contributed by atoms with Gasteiger partial charge in [0.15, 0.2) is 0 Å². The highest BCUT2D eigenvalue weighted by molar-refractivity contribution is 7.98. The highest BCUT2D eigenvalue weighted by Gasteiger charge is 2.39. The summed E-state index contributed by atoms with van der Waals surface area (Å²) in [7, 11) is 1.66. The molecule has 2 fully saturated rings. The van der Waals surface area contributed by atoms with Crippen molar-refractivity contribution in [1.82, 2.24) is 15.1 Å². The Balaban J connectivity index is 1.73. The summed E-state index contributed by atoms with van der Waals surface area (Å²) in [6, 6.07) is 7.71. The first-order chi connectivity index (χ1) is 13.1. The molecule has 3 amide bonds. The van der Waals surface area contributed by atoms with Crippen molar-refractivity contribution in [3.63, 3.8) is 0 Å². The summed E-state index contributed by atoms with van der Waals surface area (Å²) < 4.78 is 5.27. The number of amides is 3. The van der Waals surface area contributed by atoms with Gasteiger partial charge in [0.25, 0.3) is 5.91 Å². The molecule has 0 radical (unpaired) electrons. The zero-order valence-electron chi connectivity index (χ0n) is 16.1. The molecular formula is C20H29N3O3S. The molecular weight excluding hydrogens is 362 g/mol. The fourth-order valence-corrected chi connectivity index (χ4v) is 4.34. The van der Waals surface area contributed by atoms with Crippen LogP contribution in [0.2, 0.25) is 0 Å². The van der Waals surface area contributed by atoms with Crippen LogP contribution in [-0.2, 0) is 4.79 Å². The number of imide groups is 1. The lowest BCUT2D eigenvalue weighted by Gasteiger charge is -2.32. The zero-order chi connectivity index (χ0) is 19.2. The number of methoxy groups -OCH3 is 1. The Labute approximate surface area is 165 Å². The third kappa shape index (κ3) is 4.76. The van der Waals surface area contributed by atoms with E-state index in [1.165, 1.54) is 16.9 Å². The van der Waals surface area contributed by atoms with Crippen molar-refractivity contribution < 1.29 is 14.3 Å². The van der Waals surface area contributed by atoms with E-state index in [0.717, 1.165) is 37.3 Å². The molecule has 27 heavy (non-hydrogen) atoms. The third-order valence-corrected chi connectivity index (χ3v) is 6.05. The van der Waals surface area contributed by atoms with Crippen molar-refractivity contribution in [2.75, 3.05) is 32.3 Å². The fourth-order valence-electron chi connectivity index (χ4n) is 3.86. The molecule has 0 unspecified atom stereocenters. The predicted octanol–water partition coefficient (Wildman–Crippen LogP) is 3.24. The molecule has 0 saturated carbocycles. The number of hydrogen-bond donors (Lipinski definition) is 1. The molecule has 0 bridgehead atoms. The second-order valence-corrected chi connectivity index (χ2v) is 8.13. The van der Waals surface area contributed by atoms with Gasteiger partial charge in [-0.25, -0.2) is 9.69 Å². The molecule has 2 aliphatic rings. The molecule has 3 rings (SSSR count). The van der Waals surface area contributed by atoms with E-state index < -0.39 is 0 Å². The summed E-state index contributed by atoms with van der Waals surface area (Å²) >= 11 is 1.69. The van der Waals surface area contributed by atoms with Gasteiger partial charge in [-0.15, -0.1) is 0 Å². The van der Waals surface area contributed by atoms with E-state index in [4.69, 9.17) is 4.74 Å².